The van der Waals surface area contributed by atoms with Crippen LogP contribution in [-0.4, -0.2) is 80.0 Å². The molecular formula is C25H38N4O4. The molecule has 2 fully saturated rings. The summed E-state index contributed by atoms with van der Waals surface area (Å²) in [6.07, 6.45) is 2.51. The molecule has 0 aliphatic carbocycles. The lowest BCUT2D eigenvalue weighted by Gasteiger charge is -2.32. The maximum Gasteiger partial charge on any atom is 0.253 e. The van der Waals surface area contributed by atoms with Crippen LogP contribution < -0.4 is 10.6 Å². The number of rotatable bonds is 7. The van der Waals surface area contributed by atoms with Crippen LogP contribution in [0.15, 0.2) is 24.3 Å². The van der Waals surface area contributed by atoms with E-state index in [9.17, 15) is 14.4 Å². The molecule has 2 aliphatic heterocycles. The quantitative estimate of drug-likeness (QED) is 0.612. The maximum absolute atomic E-state index is 13.1. The Labute approximate surface area is 197 Å². The molecule has 2 N–H and O–H groups in total. The molecule has 0 aromatic heterocycles. The van der Waals surface area contributed by atoms with E-state index in [2.05, 4.69) is 15.5 Å². The van der Waals surface area contributed by atoms with Crippen LogP contribution in [0.25, 0.3) is 0 Å². The number of morpholine rings is 1. The molecule has 2 aliphatic rings. The number of benzene rings is 1. The lowest BCUT2D eigenvalue weighted by atomic mass is 9.95. The summed E-state index contributed by atoms with van der Waals surface area (Å²) in [6, 6.07) is 7.02. The monoisotopic (exact) mass is 458 g/mol. The number of nitrogens with one attached hydrogen (secondary N) is 2. The van der Waals surface area contributed by atoms with Crippen LogP contribution in [0.3, 0.4) is 0 Å². The van der Waals surface area contributed by atoms with Gasteiger partial charge in [-0.1, -0.05) is 26.8 Å². The van der Waals surface area contributed by atoms with Crippen LogP contribution in [0.1, 0.15) is 50.4 Å². The summed E-state index contributed by atoms with van der Waals surface area (Å²) in [5, 5.41) is 5.93. The molecule has 8 nitrogen and oxygen atoms in total. The van der Waals surface area contributed by atoms with E-state index < -0.39 is 5.41 Å². The fraction of sp³-hybridized carbons (Fsp3) is 0.640. The number of piperidine rings is 1. The van der Waals surface area contributed by atoms with Crippen molar-refractivity contribution in [3.05, 3.63) is 29.8 Å². The lowest BCUT2D eigenvalue weighted by Crippen LogP contribution is -2.46. The van der Waals surface area contributed by atoms with Crippen LogP contribution in [-0.2, 0) is 14.3 Å². The minimum atomic E-state index is -0.518. The predicted octanol–water partition coefficient (Wildman–Crippen LogP) is 2.36. The second kappa shape index (κ2) is 11.6. The standard InChI is InChI=1S/C25H38N4O4/c1-25(2,3)24(32)27-21-9-4-7-19(17-21)23(31)29-12-5-8-20(18-29)22(30)26-10-6-11-28-13-15-33-16-14-28/h4,7,9,17,20H,5-6,8,10-16,18H2,1-3H3,(H,26,30)(H,27,32). The highest BCUT2D eigenvalue weighted by atomic mass is 16.5. The average Bonchev–Trinajstić information content (AvgIpc) is 2.81. The molecule has 0 spiro atoms. The number of carbonyl (C=O) groups is 3. The van der Waals surface area contributed by atoms with E-state index in [0.717, 1.165) is 52.1 Å². The topological polar surface area (TPSA) is 91.0 Å². The smallest absolute Gasteiger partial charge is 0.253 e. The highest BCUT2D eigenvalue weighted by Gasteiger charge is 2.29. The van der Waals surface area contributed by atoms with Crippen molar-refractivity contribution in [2.75, 3.05) is 57.8 Å². The Balaban J connectivity index is 1.49. The fourth-order valence-corrected chi connectivity index (χ4v) is 4.09. The second-order valence-electron chi connectivity index (χ2n) is 9.97. The molecule has 0 bridgehead atoms. The summed E-state index contributed by atoms with van der Waals surface area (Å²) in [5.74, 6) is -0.363. The molecule has 1 unspecified atom stereocenters. The van der Waals surface area contributed by atoms with E-state index in [1.807, 2.05) is 20.8 Å². The highest BCUT2D eigenvalue weighted by Crippen LogP contribution is 2.22. The zero-order valence-electron chi connectivity index (χ0n) is 20.2. The third-order valence-electron chi connectivity index (χ3n) is 6.18. The van der Waals surface area contributed by atoms with Crippen LogP contribution in [0.5, 0.6) is 0 Å². The van der Waals surface area contributed by atoms with Crippen molar-refractivity contribution in [1.82, 2.24) is 15.1 Å². The molecule has 1 atom stereocenters. The molecule has 2 saturated heterocycles. The number of likely N-dealkylation sites (tertiary alicyclic amines) is 1. The minimum Gasteiger partial charge on any atom is -0.379 e. The molecule has 0 radical (unpaired) electrons. The number of hydrogen-bond donors (Lipinski definition) is 2. The third kappa shape index (κ3) is 7.54. The third-order valence-corrected chi connectivity index (χ3v) is 6.18. The number of hydrogen-bond acceptors (Lipinski definition) is 5. The maximum atomic E-state index is 13.1. The summed E-state index contributed by atoms with van der Waals surface area (Å²) in [4.78, 5) is 42.2. The van der Waals surface area contributed by atoms with Crippen molar-refractivity contribution in [3.8, 4) is 0 Å². The molecule has 1 aromatic rings. The van der Waals surface area contributed by atoms with Gasteiger partial charge in [-0.2, -0.15) is 0 Å². The molecule has 3 amide bonds. The first-order valence-electron chi connectivity index (χ1n) is 12.0. The van der Waals surface area contributed by atoms with Gasteiger partial charge in [-0.25, -0.2) is 0 Å². The van der Waals surface area contributed by atoms with E-state index in [4.69, 9.17) is 4.74 Å². The van der Waals surface area contributed by atoms with Crippen molar-refractivity contribution in [1.29, 1.82) is 0 Å². The van der Waals surface area contributed by atoms with Gasteiger partial charge in [-0.3, -0.25) is 19.3 Å². The van der Waals surface area contributed by atoms with E-state index >= 15 is 0 Å². The first-order valence-corrected chi connectivity index (χ1v) is 12.0. The molecule has 33 heavy (non-hydrogen) atoms. The molecule has 182 valence electrons. The fourth-order valence-electron chi connectivity index (χ4n) is 4.09. The Kier molecular flexibility index (Phi) is 8.86. The average molecular weight is 459 g/mol. The molecular weight excluding hydrogens is 420 g/mol. The zero-order valence-corrected chi connectivity index (χ0v) is 20.2. The lowest BCUT2D eigenvalue weighted by molar-refractivity contribution is -0.126. The molecule has 1 aromatic carbocycles. The Bertz CT molecular complexity index is 830. The van der Waals surface area contributed by atoms with Crippen LogP contribution >= 0.6 is 0 Å². The van der Waals surface area contributed by atoms with Gasteiger partial charge in [-0.05, 0) is 44.0 Å². The van der Waals surface area contributed by atoms with Gasteiger partial charge >= 0.3 is 0 Å². The zero-order chi connectivity index (χ0) is 23.8. The number of amides is 3. The van der Waals surface area contributed by atoms with Gasteiger partial charge in [0.25, 0.3) is 5.91 Å². The summed E-state index contributed by atoms with van der Waals surface area (Å²) in [5.41, 5.74) is 0.607. The van der Waals surface area contributed by atoms with Crippen molar-refractivity contribution in [3.63, 3.8) is 0 Å². The van der Waals surface area contributed by atoms with Gasteiger partial charge in [0.2, 0.25) is 11.8 Å². The first kappa shape index (κ1) is 25.2. The van der Waals surface area contributed by atoms with Gasteiger partial charge < -0.3 is 20.3 Å². The SMILES string of the molecule is CC(C)(C)C(=O)Nc1cccc(C(=O)N2CCCC(C(=O)NCCCN3CCOCC3)C2)c1. The summed E-state index contributed by atoms with van der Waals surface area (Å²) < 4.78 is 5.36. The van der Waals surface area contributed by atoms with Crippen molar-refractivity contribution in [2.24, 2.45) is 11.3 Å². The van der Waals surface area contributed by atoms with Gasteiger partial charge in [0.15, 0.2) is 0 Å². The molecule has 3 rings (SSSR count). The normalized spacial score (nSPS) is 19.7. The first-order chi connectivity index (χ1) is 15.7. The summed E-state index contributed by atoms with van der Waals surface area (Å²) in [7, 11) is 0. The molecule has 2 heterocycles. The van der Waals surface area contributed by atoms with Crippen molar-refractivity contribution in [2.45, 2.75) is 40.0 Å². The van der Waals surface area contributed by atoms with Crippen LogP contribution in [0, 0.1) is 11.3 Å². The minimum absolute atomic E-state index is 0.0284. The second-order valence-corrected chi connectivity index (χ2v) is 9.97. The van der Waals surface area contributed by atoms with Gasteiger partial charge in [0.05, 0.1) is 19.1 Å². The Morgan fingerprint density at radius 1 is 1.12 bits per heavy atom. The van der Waals surface area contributed by atoms with Gasteiger partial charge in [0, 0.05) is 49.4 Å². The van der Waals surface area contributed by atoms with E-state index in [1.165, 1.54) is 0 Å². The largest absolute Gasteiger partial charge is 0.379 e. The van der Waals surface area contributed by atoms with E-state index in [-0.39, 0.29) is 23.6 Å². The summed E-state index contributed by atoms with van der Waals surface area (Å²) in [6.45, 7) is 11.7. The van der Waals surface area contributed by atoms with Crippen LogP contribution in [0.2, 0.25) is 0 Å². The number of ether oxygens (including phenoxy) is 1. The molecule has 0 saturated carbocycles. The number of carbonyl (C=O) groups excluding carboxylic acids is 3. The Morgan fingerprint density at radius 2 is 1.88 bits per heavy atom. The van der Waals surface area contributed by atoms with Crippen LogP contribution in [0.4, 0.5) is 5.69 Å². The summed E-state index contributed by atoms with van der Waals surface area (Å²) >= 11 is 0. The van der Waals surface area contributed by atoms with E-state index in [0.29, 0.717) is 30.9 Å². The Morgan fingerprint density at radius 3 is 2.61 bits per heavy atom. The van der Waals surface area contributed by atoms with E-state index in [1.54, 1.807) is 29.2 Å². The molecule has 8 heteroatoms. The van der Waals surface area contributed by atoms with Gasteiger partial charge in [0.1, 0.15) is 0 Å². The predicted molar refractivity (Wildman–Crippen MR) is 128 cm³/mol. The number of nitrogens with zero attached hydrogens (tertiary/aromatic N) is 2. The Hall–Kier alpha value is -2.45. The van der Waals surface area contributed by atoms with Gasteiger partial charge in [-0.15, -0.1) is 0 Å². The highest BCUT2D eigenvalue weighted by molar-refractivity contribution is 5.98. The van der Waals surface area contributed by atoms with Crippen molar-refractivity contribution < 1.29 is 19.1 Å². The number of anilines is 1. The van der Waals surface area contributed by atoms with Crippen molar-refractivity contribution >= 4 is 23.4 Å².